The van der Waals surface area contributed by atoms with Crippen LogP contribution in [-0.2, 0) is 9.47 Å². The highest BCUT2D eigenvalue weighted by Gasteiger charge is 2.00. The molecular weight excluding hydrogens is 104 g/mol. The van der Waals surface area contributed by atoms with Crippen LogP contribution in [0.25, 0.3) is 0 Å². The molecule has 0 N–H and O–H groups in total. The Balaban J connectivity index is 3.07. The van der Waals surface area contributed by atoms with E-state index in [1.54, 1.807) is 0 Å². The van der Waals surface area contributed by atoms with Crippen LogP contribution < -0.4 is 0 Å². The second kappa shape index (κ2) is 5.06. The van der Waals surface area contributed by atoms with E-state index in [9.17, 15) is 0 Å². The maximum Gasteiger partial charge on any atom is 0.116 e. The molecule has 0 heterocycles. The molecule has 0 aliphatic carbocycles. The smallest absolute Gasteiger partial charge is 0.116 e. The van der Waals surface area contributed by atoms with E-state index in [0.29, 0.717) is 6.61 Å². The molecule has 2 nitrogen and oxygen atoms in total. The molecule has 0 aliphatic rings. The van der Waals surface area contributed by atoms with E-state index in [0.717, 1.165) is 6.42 Å². The van der Waals surface area contributed by atoms with E-state index in [2.05, 4.69) is 9.47 Å². The van der Waals surface area contributed by atoms with Crippen LogP contribution in [-0.4, -0.2) is 12.7 Å². The summed E-state index contributed by atoms with van der Waals surface area (Å²) >= 11 is 0. The van der Waals surface area contributed by atoms with Crippen LogP contribution in [0.4, 0.5) is 0 Å². The third-order valence-corrected chi connectivity index (χ3v) is 0.930. The van der Waals surface area contributed by atoms with Crippen molar-refractivity contribution in [3.8, 4) is 0 Å². The van der Waals surface area contributed by atoms with Crippen molar-refractivity contribution in [2.75, 3.05) is 6.61 Å². The molecule has 0 spiro atoms. The normalized spacial score (nSPS) is 13.9. The van der Waals surface area contributed by atoms with Crippen molar-refractivity contribution in [3.05, 3.63) is 14.2 Å². The zero-order valence-electron chi connectivity index (χ0n) is 4.96. The molecule has 8 heavy (non-hydrogen) atoms. The molecule has 2 heteroatoms. The van der Waals surface area contributed by atoms with Crippen molar-refractivity contribution in [1.82, 2.24) is 0 Å². The van der Waals surface area contributed by atoms with Crippen molar-refractivity contribution in [2.24, 2.45) is 0 Å². The molecule has 0 bridgehead atoms. The molecule has 0 aromatic carbocycles. The molecule has 0 amide bonds. The van der Waals surface area contributed by atoms with Gasteiger partial charge in [-0.25, -0.2) is 0 Å². The fourth-order valence-corrected chi connectivity index (χ4v) is 0.361. The molecule has 0 aromatic heterocycles. The molecule has 1 unspecified atom stereocenters. The highest BCUT2D eigenvalue weighted by molar-refractivity contribution is 4.51. The summed E-state index contributed by atoms with van der Waals surface area (Å²) < 4.78 is 8.72. The zero-order chi connectivity index (χ0) is 6.41. The average molecular weight is 114 g/mol. The molecule has 0 saturated carbocycles. The Morgan fingerprint density at radius 2 is 2.12 bits per heavy atom. The summed E-state index contributed by atoms with van der Waals surface area (Å²) in [6, 6.07) is 0. The van der Waals surface area contributed by atoms with Crippen LogP contribution in [0.3, 0.4) is 0 Å². The van der Waals surface area contributed by atoms with Gasteiger partial charge in [-0.2, -0.15) is 0 Å². The Labute approximate surface area is 50.8 Å². The molecular formula is C6H10O2. The Kier molecular flexibility index (Phi) is 5.01. The monoisotopic (exact) mass is 114 g/mol. The van der Waals surface area contributed by atoms with Gasteiger partial charge in [-0.1, -0.05) is 6.92 Å². The van der Waals surface area contributed by atoms with Gasteiger partial charge in [0.2, 0.25) is 0 Å². The van der Waals surface area contributed by atoms with E-state index in [-0.39, 0.29) is 6.10 Å². The van der Waals surface area contributed by atoms with Crippen molar-refractivity contribution in [2.45, 2.75) is 19.4 Å². The fraction of sp³-hybridized carbons (Fsp3) is 0.667. The van der Waals surface area contributed by atoms with Crippen molar-refractivity contribution < 1.29 is 9.47 Å². The van der Waals surface area contributed by atoms with Crippen LogP contribution in [0.2, 0.25) is 0 Å². The molecule has 1 atom stereocenters. The zero-order valence-corrected chi connectivity index (χ0v) is 4.96. The molecule has 46 valence electrons. The maximum absolute atomic E-state index is 4.83. The second-order valence-electron chi connectivity index (χ2n) is 1.50. The standard InChI is InChI=1S/C6H10O2/c1-4-6(8-3)5-7-2/h2-3,6H,4-5H2,1H3. The largest absolute Gasteiger partial charge is 0.370 e. The first-order valence-electron chi connectivity index (χ1n) is 2.52. The Hall–Kier alpha value is -0.0800. The first kappa shape index (κ1) is 7.92. The average Bonchev–Trinajstić information content (AvgIpc) is 1.83. The Morgan fingerprint density at radius 1 is 1.50 bits per heavy atom. The van der Waals surface area contributed by atoms with Crippen LogP contribution in [0.15, 0.2) is 0 Å². The van der Waals surface area contributed by atoms with Gasteiger partial charge in [0.1, 0.15) is 14.2 Å². The lowest BCUT2D eigenvalue weighted by atomic mass is 10.3. The van der Waals surface area contributed by atoms with Gasteiger partial charge in [0.25, 0.3) is 0 Å². The van der Waals surface area contributed by atoms with Crippen molar-refractivity contribution >= 4 is 0 Å². The summed E-state index contributed by atoms with van der Waals surface area (Å²) in [7, 11) is 9.58. The lowest BCUT2D eigenvalue weighted by Crippen LogP contribution is -2.13. The van der Waals surface area contributed by atoms with Crippen molar-refractivity contribution in [1.29, 1.82) is 0 Å². The molecule has 0 aliphatic heterocycles. The van der Waals surface area contributed by atoms with Gasteiger partial charge in [-0.3, -0.25) is 0 Å². The minimum absolute atomic E-state index is 0.0694. The first-order valence-corrected chi connectivity index (χ1v) is 2.52. The SMILES string of the molecule is [CH]OCC(CC)O[CH]. The van der Waals surface area contributed by atoms with Gasteiger partial charge in [0, 0.05) is 0 Å². The third-order valence-electron chi connectivity index (χ3n) is 0.930. The Bertz CT molecular complexity index is 41.8. The van der Waals surface area contributed by atoms with Gasteiger partial charge in [-0.15, -0.1) is 0 Å². The van der Waals surface area contributed by atoms with Gasteiger partial charge in [-0.05, 0) is 6.42 Å². The molecule has 0 rings (SSSR count). The van der Waals surface area contributed by atoms with Crippen molar-refractivity contribution in [3.63, 3.8) is 0 Å². The van der Waals surface area contributed by atoms with Gasteiger partial charge in [0.05, 0.1) is 12.7 Å². The number of hydrogen-bond acceptors (Lipinski definition) is 2. The van der Waals surface area contributed by atoms with E-state index < -0.39 is 0 Å². The van der Waals surface area contributed by atoms with E-state index in [1.165, 1.54) is 0 Å². The number of ether oxygens (including phenoxy) is 2. The summed E-state index contributed by atoms with van der Waals surface area (Å²) in [5.74, 6) is 0. The highest BCUT2D eigenvalue weighted by atomic mass is 16.5. The molecule has 0 fully saturated rings. The predicted octanol–water partition coefficient (Wildman–Crippen LogP) is 1.14. The van der Waals surface area contributed by atoms with E-state index >= 15 is 0 Å². The van der Waals surface area contributed by atoms with Crippen LogP contribution in [0, 0.1) is 14.2 Å². The quantitative estimate of drug-likeness (QED) is 0.545. The third kappa shape index (κ3) is 2.99. The van der Waals surface area contributed by atoms with E-state index in [4.69, 9.17) is 14.2 Å². The summed E-state index contributed by atoms with van der Waals surface area (Å²) in [6.07, 6.45) is 0.744. The summed E-state index contributed by atoms with van der Waals surface area (Å²) in [5, 5.41) is 0. The van der Waals surface area contributed by atoms with Gasteiger partial charge < -0.3 is 9.47 Å². The Morgan fingerprint density at radius 3 is 2.25 bits per heavy atom. The van der Waals surface area contributed by atoms with Crippen LogP contribution in [0.5, 0.6) is 0 Å². The lowest BCUT2D eigenvalue weighted by molar-refractivity contribution is 0.0598. The number of rotatable bonds is 4. The van der Waals surface area contributed by atoms with Gasteiger partial charge in [0.15, 0.2) is 0 Å². The molecule has 0 aromatic rings. The fourth-order valence-electron chi connectivity index (χ4n) is 0.361. The van der Waals surface area contributed by atoms with Gasteiger partial charge >= 0.3 is 0 Å². The highest BCUT2D eigenvalue weighted by Crippen LogP contribution is 1.95. The maximum atomic E-state index is 4.83. The number of hydrogen-bond donors (Lipinski definition) is 0. The summed E-state index contributed by atoms with van der Waals surface area (Å²) in [4.78, 5) is 0. The van der Waals surface area contributed by atoms with Crippen LogP contribution in [0.1, 0.15) is 13.3 Å². The minimum atomic E-state index is -0.0694. The lowest BCUT2D eigenvalue weighted by Gasteiger charge is -2.08. The topological polar surface area (TPSA) is 18.5 Å². The van der Waals surface area contributed by atoms with Crippen LogP contribution >= 0.6 is 0 Å². The summed E-state index contributed by atoms with van der Waals surface area (Å²) in [5.41, 5.74) is 0. The summed E-state index contributed by atoms with van der Waals surface area (Å²) in [6.45, 7) is 2.30. The first-order chi connectivity index (χ1) is 3.85. The molecule has 0 saturated heterocycles. The minimum Gasteiger partial charge on any atom is -0.370 e. The molecule has 4 radical (unpaired) electrons. The second-order valence-corrected chi connectivity index (χ2v) is 1.50. The van der Waals surface area contributed by atoms with E-state index in [1.807, 2.05) is 6.92 Å². The predicted molar refractivity (Wildman–Crippen MR) is 29.7 cm³/mol.